The SMILES string of the molecule is CCC1=CC2(C)CCC1C2. The van der Waals surface area contributed by atoms with Crippen molar-refractivity contribution < 1.29 is 0 Å². The summed E-state index contributed by atoms with van der Waals surface area (Å²) in [5, 5.41) is 0. The summed E-state index contributed by atoms with van der Waals surface area (Å²) in [4.78, 5) is 0. The van der Waals surface area contributed by atoms with Crippen LogP contribution in [0.1, 0.15) is 39.5 Å². The summed E-state index contributed by atoms with van der Waals surface area (Å²) in [6.45, 7) is 4.70. The molecule has 0 heterocycles. The first kappa shape index (κ1) is 6.45. The van der Waals surface area contributed by atoms with Crippen molar-refractivity contribution in [2.75, 3.05) is 0 Å². The third-order valence-corrected chi connectivity index (χ3v) is 3.24. The molecule has 0 spiro atoms. The predicted octanol–water partition coefficient (Wildman–Crippen LogP) is 3.14. The second-order valence-electron chi connectivity index (χ2n) is 4.17. The van der Waals surface area contributed by atoms with Crippen LogP contribution in [0.2, 0.25) is 0 Å². The third-order valence-electron chi connectivity index (χ3n) is 3.24. The third kappa shape index (κ3) is 0.744. The van der Waals surface area contributed by atoms with Crippen LogP contribution in [-0.4, -0.2) is 0 Å². The highest BCUT2D eigenvalue weighted by Gasteiger charge is 2.40. The Balaban J connectivity index is 2.26. The highest BCUT2D eigenvalue weighted by atomic mass is 14.4. The zero-order chi connectivity index (χ0) is 7.19. The Morgan fingerprint density at radius 1 is 1.70 bits per heavy atom. The van der Waals surface area contributed by atoms with E-state index in [0.717, 1.165) is 5.92 Å². The van der Waals surface area contributed by atoms with Crippen molar-refractivity contribution in [3.8, 4) is 0 Å². The van der Waals surface area contributed by atoms with E-state index in [1.165, 1.54) is 25.7 Å². The van der Waals surface area contributed by atoms with Crippen LogP contribution in [0.25, 0.3) is 0 Å². The summed E-state index contributed by atoms with van der Waals surface area (Å²) < 4.78 is 0. The number of allylic oxidation sites excluding steroid dienone is 2. The van der Waals surface area contributed by atoms with Crippen molar-refractivity contribution in [3.05, 3.63) is 11.6 Å². The van der Waals surface area contributed by atoms with E-state index in [-0.39, 0.29) is 0 Å². The molecule has 0 aromatic rings. The molecule has 1 saturated carbocycles. The van der Waals surface area contributed by atoms with Crippen molar-refractivity contribution in [2.24, 2.45) is 11.3 Å². The van der Waals surface area contributed by atoms with Gasteiger partial charge in [-0.3, -0.25) is 0 Å². The maximum absolute atomic E-state index is 2.54. The van der Waals surface area contributed by atoms with Gasteiger partial charge in [-0.05, 0) is 37.0 Å². The lowest BCUT2D eigenvalue weighted by molar-refractivity contribution is 0.455. The van der Waals surface area contributed by atoms with E-state index in [9.17, 15) is 0 Å². The first-order valence-electron chi connectivity index (χ1n) is 4.45. The van der Waals surface area contributed by atoms with E-state index in [1.54, 1.807) is 5.57 Å². The summed E-state index contributed by atoms with van der Waals surface area (Å²) >= 11 is 0. The summed E-state index contributed by atoms with van der Waals surface area (Å²) in [6.07, 6.45) is 8.20. The van der Waals surface area contributed by atoms with Crippen LogP contribution in [0, 0.1) is 11.3 Å². The van der Waals surface area contributed by atoms with E-state index in [4.69, 9.17) is 0 Å². The number of hydrogen-bond donors (Lipinski definition) is 0. The summed E-state index contributed by atoms with van der Waals surface area (Å²) in [5.74, 6) is 0.981. The summed E-state index contributed by atoms with van der Waals surface area (Å²) in [7, 11) is 0. The van der Waals surface area contributed by atoms with Gasteiger partial charge < -0.3 is 0 Å². The van der Waals surface area contributed by atoms with Crippen LogP contribution in [-0.2, 0) is 0 Å². The molecular formula is C10H16. The van der Waals surface area contributed by atoms with Gasteiger partial charge in [0.2, 0.25) is 0 Å². The van der Waals surface area contributed by atoms with Gasteiger partial charge in [0.25, 0.3) is 0 Å². The molecule has 0 radical (unpaired) electrons. The highest BCUT2D eigenvalue weighted by Crippen LogP contribution is 2.52. The smallest absolute Gasteiger partial charge is 0.0138 e. The van der Waals surface area contributed by atoms with Gasteiger partial charge in [0.1, 0.15) is 0 Å². The fourth-order valence-electron chi connectivity index (χ4n) is 2.67. The molecule has 0 aromatic heterocycles. The Morgan fingerprint density at radius 3 is 2.80 bits per heavy atom. The molecule has 2 aliphatic carbocycles. The lowest BCUT2D eigenvalue weighted by atomic mass is 9.89. The Bertz CT molecular complexity index is 178. The van der Waals surface area contributed by atoms with Crippen molar-refractivity contribution in [3.63, 3.8) is 0 Å². The van der Waals surface area contributed by atoms with Crippen LogP contribution in [0.15, 0.2) is 11.6 Å². The van der Waals surface area contributed by atoms with Gasteiger partial charge >= 0.3 is 0 Å². The van der Waals surface area contributed by atoms with E-state index >= 15 is 0 Å². The average Bonchev–Trinajstić information content (AvgIpc) is 2.41. The molecule has 0 aliphatic heterocycles. The molecule has 0 heteroatoms. The van der Waals surface area contributed by atoms with E-state index < -0.39 is 0 Å². The zero-order valence-electron chi connectivity index (χ0n) is 6.98. The first-order chi connectivity index (χ1) is 4.73. The van der Waals surface area contributed by atoms with Gasteiger partial charge in [-0.2, -0.15) is 0 Å². The van der Waals surface area contributed by atoms with Crippen molar-refractivity contribution >= 4 is 0 Å². The zero-order valence-corrected chi connectivity index (χ0v) is 6.98. The van der Waals surface area contributed by atoms with E-state index in [2.05, 4.69) is 19.9 Å². The van der Waals surface area contributed by atoms with Crippen LogP contribution >= 0.6 is 0 Å². The van der Waals surface area contributed by atoms with Gasteiger partial charge in [0, 0.05) is 0 Å². The normalized spacial score (nSPS) is 44.2. The Labute approximate surface area is 63.3 Å². The molecule has 1 fully saturated rings. The number of rotatable bonds is 1. The molecular weight excluding hydrogens is 120 g/mol. The van der Waals surface area contributed by atoms with Gasteiger partial charge in [-0.25, -0.2) is 0 Å². The topological polar surface area (TPSA) is 0 Å². The second-order valence-corrected chi connectivity index (χ2v) is 4.17. The first-order valence-corrected chi connectivity index (χ1v) is 4.45. The van der Waals surface area contributed by atoms with Crippen LogP contribution in [0.3, 0.4) is 0 Å². The average molecular weight is 136 g/mol. The summed E-state index contributed by atoms with van der Waals surface area (Å²) in [5.41, 5.74) is 2.37. The van der Waals surface area contributed by atoms with Gasteiger partial charge in [-0.1, -0.05) is 25.5 Å². The standard InChI is InChI=1S/C10H16/c1-3-8-6-10(2)5-4-9(8)7-10/h6,9H,3-5,7H2,1-2H3. The maximum Gasteiger partial charge on any atom is -0.0138 e. The molecule has 2 aliphatic rings. The molecule has 10 heavy (non-hydrogen) atoms. The molecule has 0 amide bonds. The van der Waals surface area contributed by atoms with Crippen molar-refractivity contribution in [2.45, 2.75) is 39.5 Å². The minimum atomic E-state index is 0.621. The lowest BCUT2D eigenvalue weighted by Crippen LogP contribution is -2.03. The van der Waals surface area contributed by atoms with Crippen LogP contribution in [0.4, 0.5) is 0 Å². The Morgan fingerprint density at radius 2 is 2.50 bits per heavy atom. The van der Waals surface area contributed by atoms with Crippen LogP contribution < -0.4 is 0 Å². The number of hydrogen-bond acceptors (Lipinski definition) is 0. The lowest BCUT2D eigenvalue weighted by Gasteiger charge is -2.16. The predicted molar refractivity (Wildman–Crippen MR) is 43.8 cm³/mol. The fourth-order valence-corrected chi connectivity index (χ4v) is 2.67. The molecule has 2 bridgehead atoms. The van der Waals surface area contributed by atoms with Gasteiger partial charge in [0.15, 0.2) is 0 Å². The number of fused-ring (bicyclic) bond motifs is 2. The molecule has 0 nitrogen and oxygen atoms in total. The van der Waals surface area contributed by atoms with E-state index in [1.807, 2.05) is 0 Å². The maximum atomic E-state index is 2.54. The van der Waals surface area contributed by atoms with Gasteiger partial charge in [0.05, 0.1) is 0 Å². The van der Waals surface area contributed by atoms with Crippen molar-refractivity contribution in [1.82, 2.24) is 0 Å². The largest absolute Gasteiger partial charge is 0.0791 e. The minimum Gasteiger partial charge on any atom is -0.0791 e. The van der Waals surface area contributed by atoms with Crippen molar-refractivity contribution in [1.29, 1.82) is 0 Å². The summed E-state index contributed by atoms with van der Waals surface area (Å²) in [6, 6.07) is 0. The highest BCUT2D eigenvalue weighted by molar-refractivity contribution is 5.23. The molecule has 2 rings (SSSR count). The fraction of sp³-hybridized carbons (Fsp3) is 0.800. The molecule has 0 N–H and O–H groups in total. The molecule has 0 saturated heterocycles. The quantitative estimate of drug-likeness (QED) is 0.486. The van der Waals surface area contributed by atoms with E-state index in [0.29, 0.717) is 5.41 Å². The van der Waals surface area contributed by atoms with Gasteiger partial charge in [-0.15, -0.1) is 0 Å². The Hall–Kier alpha value is -0.260. The molecule has 2 atom stereocenters. The molecule has 0 aromatic carbocycles. The molecule has 2 unspecified atom stereocenters. The molecule has 56 valence electrons. The monoisotopic (exact) mass is 136 g/mol. The minimum absolute atomic E-state index is 0.621. The Kier molecular flexibility index (Phi) is 1.21. The van der Waals surface area contributed by atoms with Crippen LogP contribution in [0.5, 0.6) is 0 Å². The second kappa shape index (κ2) is 1.87.